The minimum Gasteiger partial charge on any atom is -0.480 e. The molecule has 1 unspecified atom stereocenters. The molecule has 8 nitrogen and oxygen atoms in total. The second kappa shape index (κ2) is 11.3. The quantitative estimate of drug-likeness (QED) is 0.525. The summed E-state index contributed by atoms with van der Waals surface area (Å²) in [4.78, 5) is 39.9. The number of carbonyl (C=O) groups excluding carboxylic acids is 2. The van der Waals surface area contributed by atoms with E-state index in [2.05, 4.69) is 11.2 Å². The molecule has 3 rings (SSSR count). The fourth-order valence-electron chi connectivity index (χ4n) is 4.07. The van der Waals surface area contributed by atoms with Crippen LogP contribution in [0.25, 0.3) is 11.1 Å². The molecule has 2 N–H and O–H groups in total. The lowest BCUT2D eigenvalue weighted by Gasteiger charge is -2.27. The molecule has 0 aliphatic heterocycles. The van der Waals surface area contributed by atoms with Gasteiger partial charge < -0.3 is 25.0 Å². The van der Waals surface area contributed by atoms with Gasteiger partial charge in [-0.1, -0.05) is 48.5 Å². The third-order valence-electron chi connectivity index (χ3n) is 5.71. The monoisotopic (exact) mass is 463 g/mol. The van der Waals surface area contributed by atoms with E-state index in [9.17, 15) is 19.5 Å². The van der Waals surface area contributed by atoms with Gasteiger partial charge in [-0.25, -0.2) is 4.79 Å². The number of nitrogens with zero attached hydrogens (tertiary/aromatic N) is 2. The van der Waals surface area contributed by atoms with Gasteiger partial charge in [-0.3, -0.25) is 9.59 Å². The Labute approximate surface area is 199 Å². The minimum absolute atomic E-state index is 0.0822. The van der Waals surface area contributed by atoms with Crippen LogP contribution in [0.4, 0.5) is 4.79 Å². The number of benzene rings is 2. The van der Waals surface area contributed by atoms with Crippen LogP contribution in [0.15, 0.2) is 48.5 Å². The van der Waals surface area contributed by atoms with Crippen LogP contribution in [0.1, 0.15) is 23.5 Å². The molecule has 0 saturated heterocycles. The summed E-state index contributed by atoms with van der Waals surface area (Å²) in [5.74, 6) is 0.548. The van der Waals surface area contributed by atoms with Crippen LogP contribution >= 0.6 is 0 Å². The van der Waals surface area contributed by atoms with Crippen LogP contribution in [-0.2, 0) is 14.3 Å². The molecule has 0 heterocycles. The van der Waals surface area contributed by atoms with Gasteiger partial charge in [0.05, 0.1) is 0 Å². The lowest BCUT2D eigenvalue weighted by atomic mass is 9.98. The Hall–Kier alpha value is -3.83. The van der Waals surface area contributed by atoms with Crippen molar-refractivity contribution in [2.45, 2.75) is 18.4 Å². The Morgan fingerprint density at radius 1 is 1.06 bits per heavy atom. The molecule has 34 heavy (non-hydrogen) atoms. The Kier molecular flexibility index (Phi) is 8.28. The van der Waals surface area contributed by atoms with E-state index >= 15 is 0 Å². The molecule has 8 heteroatoms. The maximum Gasteiger partial charge on any atom is 0.407 e. The summed E-state index contributed by atoms with van der Waals surface area (Å²) in [5.41, 5.74) is 4.36. The number of fused-ring (bicyclic) bond motifs is 3. The van der Waals surface area contributed by atoms with E-state index in [1.165, 1.54) is 4.90 Å². The molecule has 0 aromatic heterocycles. The molecule has 2 aromatic carbocycles. The highest BCUT2D eigenvalue weighted by atomic mass is 16.5. The zero-order valence-corrected chi connectivity index (χ0v) is 19.4. The molecular weight excluding hydrogens is 434 g/mol. The molecule has 0 spiro atoms. The molecule has 1 aliphatic carbocycles. The number of amides is 2. The van der Waals surface area contributed by atoms with Crippen molar-refractivity contribution in [3.63, 3.8) is 0 Å². The average Bonchev–Trinajstić information content (AvgIpc) is 3.13. The largest absolute Gasteiger partial charge is 0.480 e. The molecule has 1 aliphatic rings. The molecule has 2 aromatic rings. The number of carbonyl (C=O) groups is 3. The van der Waals surface area contributed by atoms with Crippen LogP contribution in [0, 0.1) is 12.3 Å². The fourth-order valence-corrected chi connectivity index (χ4v) is 4.07. The van der Waals surface area contributed by atoms with Crippen LogP contribution in [0.5, 0.6) is 0 Å². The number of alkyl carbamates (subject to hydrolysis) is 1. The number of aliphatic carboxylic acids is 1. The Morgan fingerprint density at radius 3 is 2.18 bits per heavy atom. The maximum absolute atomic E-state index is 13.0. The predicted molar refractivity (Wildman–Crippen MR) is 128 cm³/mol. The summed E-state index contributed by atoms with van der Waals surface area (Å²) in [6, 6.07) is 14.9. The van der Waals surface area contributed by atoms with Crippen LogP contribution in [-0.4, -0.2) is 79.3 Å². The number of terminal acetylenes is 1. The number of carboxylic acid groups (broad SMARTS) is 1. The van der Waals surface area contributed by atoms with E-state index in [4.69, 9.17) is 11.2 Å². The molecule has 2 amide bonds. The predicted octanol–water partition coefficient (Wildman–Crippen LogP) is 2.39. The smallest absolute Gasteiger partial charge is 0.407 e. The van der Waals surface area contributed by atoms with Crippen molar-refractivity contribution in [3.05, 3.63) is 59.7 Å². The normalized spacial score (nSPS) is 12.9. The molecule has 0 radical (unpaired) electrons. The highest BCUT2D eigenvalue weighted by Gasteiger charge is 2.31. The van der Waals surface area contributed by atoms with Gasteiger partial charge in [-0.2, -0.15) is 0 Å². The topological polar surface area (TPSA) is 99.2 Å². The number of nitrogens with one attached hydrogen (secondary N) is 1. The molecule has 1 atom stereocenters. The van der Waals surface area contributed by atoms with E-state index in [1.54, 1.807) is 0 Å². The van der Waals surface area contributed by atoms with Crippen molar-refractivity contribution >= 4 is 18.0 Å². The van der Waals surface area contributed by atoms with Crippen molar-refractivity contribution < 1.29 is 24.2 Å². The minimum atomic E-state index is -1.15. The van der Waals surface area contributed by atoms with E-state index in [-0.39, 0.29) is 25.5 Å². The van der Waals surface area contributed by atoms with E-state index in [0.717, 1.165) is 22.3 Å². The third kappa shape index (κ3) is 5.94. The van der Waals surface area contributed by atoms with E-state index in [1.807, 2.05) is 67.5 Å². The van der Waals surface area contributed by atoms with Gasteiger partial charge in [0.25, 0.3) is 0 Å². The van der Waals surface area contributed by atoms with Gasteiger partial charge >= 0.3 is 12.1 Å². The Balaban J connectivity index is 1.67. The lowest BCUT2D eigenvalue weighted by molar-refractivity contribution is -0.145. The highest BCUT2D eigenvalue weighted by Crippen LogP contribution is 2.44. The zero-order chi connectivity index (χ0) is 24.7. The first-order valence-electron chi connectivity index (χ1n) is 11.0. The maximum atomic E-state index is 13.0. The van der Waals surface area contributed by atoms with Gasteiger partial charge in [0.15, 0.2) is 0 Å². The van der Waals surface area contributed by atoms with E-state index < -0.39 is 30.6 Å². The van der Waals surface area contributed by atoms with Crippen LogP contribution < -0.4 is 5.32 Å². The van der Waals surface area contributed by atoms with Gasteiger partial charge in [0, 0.05) is 25.4 Å². The first-order chi connectivity index (χ1) is 16.3. The first kappa shape index (κ1) is 24.8. The van der Waals surface area contributed by atoms with Gasteiger partial charge in [0.2, 0.25) is 5.91 Å². The number of rotatable bonds is 10. The van der Waals surface area contributed by atoms with Gasteiger partial charge in [0.1, 0.15) is 19.2 Å². The van der Waals surface area contributed by atoms with Gasteiger partial charge in [-0.15, -0.1) is 12.3 Å². The number of likely N-dealkylation sites (N-methyl/N-ethyl adjacent to an activating group) is 1. The standard InChI is InChI=1S/C26H29N3O5/c1-4-9-23(25(32)29(16-24(30)31)15-14-28(2)3)27-26(33)34-17-22-20-12-7-5-10-18(20)19-11-6-8-13-21(19)22/h1,5-8,10-13,22-23H,9,14-17H2,2-3H3,(H,27,33)(H,30,31). The van der Waals surface area contributed by atoms with Crippen LogP contribution in [0.3, 0.4) is 0 Å². The summed E-state index contributed by atoms with van der Waals surface area (Å²) in [5, 5.41) is 11.7. The highest BCUT2D eigenvalue weighted by molar-refractivity contribution is 5.88. The molecule has 0 bridgehead atoms. The van der Waals surface area contributed by atoms with Crippen molar-refractivity contribution in [2.24, 2.45) is 0 Å². The van der Waals surface area contributed by atoms with E-state index in [0.29, 0.717) is 6.54 Å². The molecule has 0 saturated carbocycles. The van der Waals surface area contributed by atoms with Crippen molar-refractivity contribution in [1.29, 1.82) is 0 Å². The summed E-state index contributed by atoms with van der Waals surface area (Å²) in [7, 11) is 3.63. The fraction of sp³-hybridized carbons (Fsp3) is 0.346. The number of ether oxygens (including phenoxy) is 1. The average molecular weight is 464 g/mol. The number of carboxylic acids is 1. The zero-order valence-electron chi connectivity index (χ0n) is 19.4. The summed E-state index contributed by atoms with van der Waals surface area (Å²) in [6.07, 6.45) is 4.55. The van der Waals surface area contributed by atoms with Crippen molar-refractivity contribution in [2.75, 3.05) is 40.3 Å². The SMILES string of the molecule is C#CCC(NC(=O)OCC1c2ccccc2-c2ccccc21)C(=O)N(CCN(C)C)CC(=O)O. The van der Waals surface area contributed by atoms with Crippen molar-refractivity contribution in [1.82, 2.24) is 15.1 Å². The molecule has 178 valence electrons. The first-order valence-corrected chi connectivity index (χ1v) is 11.0. The van der Waals surface area contributed by atoms with Crippen molar-refractivity contribution in [3.8, 4) is 23.5 Å². The second-order valence-corrected chi connectivity index (χ2v) is 8.39. The number of hydrogen-bond donors (Lipinski definition) is 2. The Bertz CT molecular complexity index is 1050. The summed E-state index contributed by atoms with van der Waals surface area (Å²) in [6.45, 7) is 0.259. The van der Waals surface area contributed by atoms with Gasteiger partial charge in [-0.05, 0) is 36.3 Å². The Morgan fingerprint density at radius 2 is 1.65 bits per heavy atom. The van der Waals surface area contributed by atoms with Crippen LogP contribution in [0.2, 0.25) is 0 Å². The molecule has 0 fully saturated rings. The summed E-state index contributed by atoms with van der Waals surface area (Å²) < 4.78 is 5.51. The summed E-state index contributed by atoms with van der Waals surface area (Å²) >= 11 is 0. The molecular formula is C26H29N3O5. The second-order valence-electron chi connectivity index (χ2n) is 8.39. The number of hydrogen-bond acceptors (Lipinski definition) is 5. The lowest BCUT2D eigenvalue weighted by Crippen LogP contribution is -2.51. The third-order valence-corrected chi connectivity index (χ3v) is 5.71.